The fourth-order valence-corrected chi connectivity index (χ4v) is 1.37. The average molecular weight is 264 g/mol. The molecule has 94 valence electrons. The van der Waals surface area contributed by atoms with E-state index < -0.39 is 11.7 Å². The Hall–Kier alpha value is -1.16. The first-order valence-electron chi connectivity index (χ1n) is 5.12. The Morgan fingerprint density at radius 1 is 1.41 bits per heavy atom. The molecule has 0 aliphatic rings. The van der Waals surface area contributed by atoms with Gasteiger partial charge in [0.2, 0.25) is 0 Å². The second-order valence-electron chi connectivity index (χ2n) is 3.65. The van der Waals surface area contributed by atoms with Crippen LogP contribution in [0, 0.1) is 0 Å². The Morgan fingerprint density at radius 3 is 2.59 bits per heavy atom. The minimum Gasteiger partial charge on any atom is -0.380 e. The van der Waals surface area contributed by atoms with E-state index in [-0.39, 0.29) is 10.7 Å². The van der Waals surface area contributed by atoms with Crippen molar-refractivity contribution < 1.29 is 13.2 Å². The van der Waals surface area contributed by atoms with Gasteiger partial charge in [0.05, 0.1) is 16.3 Å². The van der Waals surface area contributed by atoms with Crippen molar-refractivity contribution in [2.75, 3.05) is 11.9 Å². The van der Waals surface area contributed by atoms with E-state index in [0.29, 0.717) is 6.54 Å². The Bertz CT molecular complexity index is 413. The van der Waals surface area contributed by atoms with Crippen LogP contribution in [0.3, 0.4) is 0 Å². The van der Waals surface area contributed by atoms with Gasteiger partial charge in [-0.2, -0.15) is 13.2 Å². The zero-order valence-electron chi connectivity index (χ0n) is 9.37. The lowest BCUT2D eigenvalue weighted by atomic mass is 10.2. The summed E-state index contributed by atoms with van der Waals surface area (Å²) in [5.41, 5.74) is 0.459. The average Bonchev–Trinajstić information content (AvgIpc) is 2.26. The number of benzene rings is 1. The summed E-state index contributed by atoms with van der Waals surface area (Å²) in [4.78, 5) is 0. The minimum absolute atomic E-state index is 0.266. The highest BCUT2D eigenvalue weighted by Gasteiger charge is 2.30. The third-order valence-electron chi connectivity index (χ3n) is 2.32. The van der Waals surface area contributed by atoms with Crippen LogP contribution in [0.15, 0.2) is 30.4 Å². The Kier molecular flexibility index (Phi) is 4.46. The molecule has 0 amide bonds. The van der Waals surface area contributed by atoms with Gasteiger partial charge in [-0.1, -0.05) is 30.7 Å². The quantitative estimate of drug-likeness (QED) is 0.774. The Balaban J connectivity index is 2.88. The van der Waals surface area contributed by atoms with Crippen molar-refractivity contribution in [3.8, 4) is 0 Å². The molecule has 5 heteroatoms. The van der Waals surface area contributed by atoms with Crippen LogP contribution in [0.1, 0.15) is 18.9 Å². The maximum atomic E-state index is 12.5. The first kappa shape index (κ1) is 13.9. The van der Waals surface area contributed by atoms with Crippen molar-refractivity contribution >= 4 is 17.3 Å². The van der Waals surface area contributed by atoms with Gasteiger partial charge in [-0.15, -0.1) is 0 Å². The molecule has 0 unspecified atom stereocenters. The fraction of sp³-hybridized carbons (Fsp3) is 0.333. The predicted octanol–water partition coefficient (Wildman–Crippen LogP) is 4.74. The standard InChI is InChI=1S/C12H13ClF3N/c1-3-8(2)7-17-11-6-9(12(14,15)16)4-5-10(11)13/h4-6,17H,2-3,7H2,1H3. The number of nitrogens with one attached hydrogen (secondary N) is 1. The molecule has 0 aliphatic heterocycles. The smallest absolute Gasteiger partial charge is 0.380 e. The lowest BCUT2D eigenvalue weighted by Crippen LogP contribution is -2.08. The van der Waals surface area contributed by atoms with Gasteiger partial charge >= 0.3 is 6.18 Å². The van der Waals surface area contributed by atoms with Crippen LogP contribution in [0.5, 0.6) is 0 Å². The van der Waals surface area contributed by atoms with Crippen LogP contribution in [0.4, 0.5) is 18.9 Å². The molecule has 0 heterocycles. The molecule has 1 aromatic carbocycles. The molecular formula is C12H13ClF3N. The highest BCUT2D eigenvalue weighted by atomic mass is 35.5. The van der Waals surface area contributed by atoms with E-state index in [1.807, 2.05) is 6.92 Å². The van der Waals surface area contributed by atoms with E-state index in [0.717, 1.165) is 24.1 Å². The summed E-state index contributed by atoms with van der Waals surface area (Å²) in [7, 11) is 0. The molecule has 0 aliphatic carbocycles. The van der Waals surface area contributed by atoms with Gasteiger partial charge in [-0.25, -0.2) is 0 Å². The third kappa shape index (κ3) is 3.97. The van der Waals surface area contributed by atoms with Gasteiger partial charge in [0, 0.05) is 6.54 Å². The Morgan fingerprint density at radius 2 is 2.06 bits per heavy atom. The molecule has 1 aromatic rings. The number of alkyl halides is 3. The number of hydrogen-bond acceptors (Lipinski definition) is 1. The molecule has 0 aromatic heterocycles. The van der Waals surface area contributed by atoms with Crippen molar-refractivity contribution in [2.24, 2.45) is 0 Å². The van der Waals surface area contributed by atoms with Crippen molar-refractivity contribution in [2.45, 2.75) is 19.5 Å². The summed E-state index contributed by atoms with van der Waals surface area (Å²) in [6, 6.07) is 3.20. The normalized spacial score (nSPS) is 11.4. The van der Waals surface area contributed by atoms with Crippen LogP contribution in [0.2, 0.25) is 5.02 Å². The maximum absolute atomic E-state index is 12.5. The second kappa shape index (κ2) is 5.45. The maximum Gasteiger partial charge on any atom is 0.416 e. The second-order valence-corrected chi connectivity index (χ2v) is 4.06. The predicted molar refractivity (Wildman–Crippen MR) is 64.4 cm³/mol. The van der Waals surface area contributed by atoms with E-state index in [1.165, 1.54) is 6.07 Å². The molecule has 0 saturated carbocycles. The summed E-state index contributed by atoms with van der Waals surface area (Å²) in [6.07, 6.45) is -3.59. The molecule has 0 atom stereocenters. The van der Waals surface area contributed by atoms with Crippen molar-refractivity contribution in [1.82, 2.24) is 0 Å². The summed E-state index contributed by atoms with van der Waals surface area (Å²) >= 11 is 5.81. The van der Waals surface area contributed by atoms with Crippen molar-refractivity contribution in [3.05, 3.63) is 40.9 Å². The molecule has 1 rings (SSSR count). The van der Waals surface area contributed by atoms with Gasteiger partial charge in [-0.05, 0) is 24.6 Å². The largest absolute Gasteiger partial charge is 0.416 e. The van der Waals surface area contributed by atoms with Crippen molar-refractivity contribution in [3.63, 3.8) is 0 Å². The molecule has 0 saturated heterocycles. The Labute approximate surface area is 103 Å². The molecule has 17 heavy (non-hydrogen) atoms. The van der Waals surface area contributed by atoms with Crippen LogP contribution < -0.4 is 5.32 Å². The highest BCUT2D eigenvalue weighted by Crippen LogP contribution is 2.33. The van der Waals surface area contributed by atoms with Crippen LogP contribution in [-0.4, -0.2) is 6.54 Å². The molecule has 0 spiro atoms. The van der Waals surface area contributed by atoms with Gasteiger partial charge in [-0.3, -0.25) is 0 Å². The van der Waals surface area contributed by atoms with E-state index in [2.05, 4.69) is 11.9 Å². The number of halogens is 4. The zero-order chi connectivity index (χ0) is 13.1. The molecule has 0 radical (unpaired) electrons. The van der Waals surface area contributed by atoms with Crippen LogP contribution in [0.25, 0.3) is 0 Å². The SMILES string of the molecule is C=C(CC)CNc1cc(C(F)(F)F)ccc1Cl. The van der Waals surface area contributed by atoms with Gasteiger partial charge < -0.3 is 5.32 Å². The molecular weight excluding hydrogens is 251 g/mol. The van der Waals surface area contributed by atoms with Crippen LogP contribution in [-0.2, 0) is 6.18 Å². The number of anilines is 1. The van der Waals surface area contributed by atoms with Gasteiger partial charge in [0.1, 0.15) is 0 Å². The van der Waals surface area contributed by atoms with Crippen LogP contribution >= 0.6 is 11.6 Å². The fourth-order valence-electron chi connectivity index (χ4n) is 1.18. The summed E-state index contributed by atoms with van der Waals surface area (Å²) in [5.74, 6) is 0. The lowest BCUT2D eigenvalue weighted by Gasteiger charge is -2.12. The summed E-state index contributed by atoms with van der Waals surface area (Å²) in [5, 5.41) is 3.11. The number of hydrogen-bond donors (Lipinski definition) is 1. The molecule has 1 N–H and O–H groups in total. The van der Waals surface area contributed by atoms with E-state index in [9.17, 15) is 13.2 Å². The minimum atomic E-state index is -4.36. The summed E-state index contributed by atoms with van der Waals surface area (Å²) < 4.78 is 37.4. The van der Waals surface area contributed by atoms with Crippen molar-refractivity contribution in [1.29, 1.82) is 0 Å². The zero-order valence-corrected chi connectivity index (χ0v) is 10.1. The first-order chi connectivity index (χ1) is 7.84. The van der Waals surface area contributed by atoms with Gasteiger partial charge in [0.15, 0.2) is 0 Å². The molecule has 1 nitrogen and oxygen atoms in total. The monoisotopic (exact) mass is 263 g/mol. The number of rotatable bonds is 4. The van der Waals surface area contributed by atoms with E-state index >= 15 is 0 Å². The van der Waals surface area contributed by atoms with E-state index in [4.69, 9.17) is 11.6 Å². The van der Waals surface area contributed by atoms with E-state index in [1.54, 1.807) is 0 Å². The molecule has 0 bridgehead atoms. The molecule has 0 fully saturated rings. The third-order valence-corrected chi connectivity index (χ3v) is 2.65. The van der Waals surface area contributed by atoms with Gasteiger partial charge in [0.25, 0.3) is 0 Å². The first-order valence-corrected chi connectivity index (χ1v) is 5.49. The topological polar surface area (TPSA) is 12.0 Å². The highest BCUT2D eigenvalue weighted by molar-refractivity contribution is 6.33. The summed E-state index contributed by atoms with van der Waals surface area (Å²) in [6.45, 7) is 6.10. The lowest BCUT2D eigenvalue weighted by molar-refractivity contribution is -0.137.